The molecule has 1 aliphatic heterocycles. The van der Waals surface area contributed by atoms with Crippen molar-refractivity contribution in [3.63, 3.8) is 0 Å². The average Bonchev–Trinajstić information content (AvgIpc) is 2.81. The number of carbonyl (C=O) groups excluding carboxylic acids is 1. The molecule has 0 unspecified atom stereocenters. The Bertz CT molecular complexity index is 720. The number of aliphatic hydroxyl groups is 1. The lowest BCUT2D eigenvalue weighted by atomic mass is 9.80. The van der Waals surface area contributed by atoms with Crippen LogP contribution in [0.2, 0.25) is 5.02 Å². The zero-order chi connectivity index (χ0) is 17.7. The Morgan fingerprint density at radius 2 is 2.12 bits per heavy atom. The van der Waals surface area contributed by atoms with Crippen LogP contribution in [0.4, 0.5) is 13.2 Å². The van der Waals surface area contributed by atoms with E-state index in [0.717, 1.165) is 5.56 Å². The van der Waals surface area contributed by atoms with Crippen LogP contribution < -0.4 is 0 Å². The molecular weight excluding hydrogens is 345 g/mol. The Morgan fingerprint density at radius 1 is 1.42 bits per heavy atom. The quantitative estimate of drug-likeness (QED) is 0.825. The Hall–Kier alpha value is -1.60. The Morgan fingerprint density at radius 3 is 2.75 bits per heavy atom. The van der Waals surface area contributed by atoms with E-state index in [-0.39, 0.29) is 27.7 Å². The molecule has 1 saturated carbocycles. The fourth-order valence-corrected chi connectivity index (χ4v) is 3.64. The zero-order valence-corrected chi connectivity index (χ0v) is 13.7. The highest BCUT2D eigenvalue weighted by molar-refractivity contribution is 6.34. The molecule has 8 heteroatoms. The maximum atomic E-state index is 13.7. The lowest BCUT2D eigenvalue weighted by Crippen LogP contribution is -2.61. The summed E-state index contributed by atoms with van der Waals surface area (Å²) >= 11 is 6.00. The zero-order valence-electron chi connectivity index (χ0n) is 12.9. The summed E-state index contributed by atoms with van der Waals surface area (Å²) in [6, 6.07) is 4.40. The summed E-state index contributed by atoms with van der Waals surface area (Å²) in [5.41, 5.74) is -2.46. The first-order valence-corrected chi connectivity index (χ1v) is 8.01. The van der Waals surface area contributed by atoms with Crippen LogP contribution in [0.5, 0.6) is 0 Å². The number of benzene rings is 1. The van der Waals surface area contributed by atoms with Gasteiger partial charge in [0.2, 0.25) is 0 Å². The summed E-state index contributed by atoms with van der Waals surface area (Å²) in [6.07, 6.45) is -3.30. The minimum atomic E-state index is -5.02. The molecule has 2 atom stereocenters. The molecule has 1 N–H and O–H groups in total. The van der Waals surface area contributed by atoms with Crippen LogP contribution in [0.25, 0.3) is 0 Å². The Balaban J connectivity index is 2.07. The largest absolute Gasteiger partial charge is 0.439 e. The fraction of sp³-hybridized carbons (Fsp3) is 0.500. The number of hydrogen-bond acceptors (Lipinski definition) is 3. The normalized spacial score (nSPS) is 27.0. The standard InChI is InChI=1S/C16H16ClF3N2O2/c1-9-6-7-10(12(17)8-9)14(23)22-15(24,16(18,19)20)11-4-2-3-5-13(11)21-22/h6-8,11,24H,2-5H2,1H3/t11-,15+/m0/s1. The second-order valence-electron chi connectivity index (χ2n) is 6.21. The number of amides is 1. The van der Waals surface area contributed by atoms with E-state index >= 15 is 0 Å². The van der Waals surface area contributed by atoms with E-state index in [4.69, 9.17) is 11.6 Å². The SMILES string of the molecule is Cc1ccc(C(=O)N2N=C3CCCC[C@@H]3[C@@]2(O)C(F)(F)F)c(Cl)c1. The predicted octanol–water partition coefficient (Wildman–Crippen LogP) is 3.90. The van der Waals surface area contributed by atoms with Crippen molar-refractivity contribution in [2.24, 2.45) is 11.0 Å². The number of carbonyl (C=O) groups is 1. The van der Waals surface area contributed by atoms with Gasteiger partial charge in [0.1, 0.15) is 0 Å². The van der Waals surface area contributed by atoms with E-state index in [1.165, 1.54) is 12.1 Å². The van der Waals surface area contributed by atoms with E-state index in [9.17, 15) is 23.1 Å². The van der Waals surface area contributed by atoms with Gasteiger partial charge < -0.3 is 5.11 Å². The third-order valence-corrected chi connectivity index (χ3v) is 4.89. The van der Waals surface area contributed by atoms with Gasteiger partial charge in [0, 0.05) is 5.71 Å². The van der Waals surface area contributed by atoms with Crippen LogP contribution in [0.1, 0.15) is 41.6 Å². The van der Waals surface area contributed by atoms with Crippen LogP contribution >= 0.6 is 11.6 Å². The van der Waals surface area contributed by atoms with Gasteiger partial charge in [0.15, 0.2) is 0 Å². The molecule has 130 valence electrons. The molecule has 3 rings (SSSR count). The number of hydrogen-bond donors (Lipinski definition) is 1. The van der Waals surface area contributed by atoms with Crippen molar-refractivity contribution < 1.29 is 23.1 Å². The van der Waals surface area contributed by atoms with Crippen molar-refractivity contribution in [2.75, 3.05) is 0 Å². The molecule has 0 saturated heterocycles. The number of aryl methyl sites for hydroxylation is 1. The smallest absolute Gasteiger partial charge is 0.362 e. The Kier molecular flexibility index (Phi) is 4.12. The number of fused-ring (bicyclic) bond motifs is 1. The van der Waals surface area contributed by atoms with Crippen LogP contribution in [-0.4, -0.2) is 33.6 Å². The number of nitrogens with zero attached hydrogens (tertiary/aromatic N) is 2. The van der Waals surface area contributed by atoms with Crippen molar-refractivity contribution >= 4 is 23.2 Å². The van der Waals surface area contributed by atoms with Gasteiger partial charge in [-0.15, -0.1) is 0 Å². The number of halogens is 4. The summed E-state index contributed by atoms with van der Waals surface area (Å²) in [5, 5.41) is 14.5. The maximum Gasteiger partial charge on any atom is 0.439 e. The maximum absolute atomic E-state index is 13.7. The van der Waals surface area contributed by atoms with E-state index in [0.29, 0.717) is 19.3 Å². The van der Waals surface area contributed by atoms with Gasteiger partial charge in [-0.3, -0.25) is 4.79 Å². The van der Waals surface area contributed by atoms with E-state index in [2.05, 4.69) is 5.10 Å². The van der Waals surface area contributed by atoms with Gasteiger partial charge in [-0.1, -0.05) is 24.1 Å². The summed E-state index contributed by atoms with van der Waals surface area (Å²) < 4.78 is 41.0. The molecule has 0 aromatic heterocycles. The van der Waals surface area contributed by atoms with Crippen LogP contribution in [0, 0.1) is 12.8 Å². The molecule has 24 heavy (non-hydrogen) atoms. The molecule has 1 fully saturated rings. The van der Waals surface area contributed by atoms with Crippen molar-refractivity contribution in [2.45, 2.75) is 44.5 Å². The van der Waals surface area contributed by atoms with Crippen molar-refractivity contribution in [1.82, 2.24) is 5.01 Å². The number of alkyl halides is 3. The summed E-state index contributed by atoms with van der Waals surface area (Å²) in [6.45, 7) is 1.75. The summed E-state index contributed by atoms with van der Waals surface area (Å²) in [7, 11) is 0. The van der Waals surface area contributed by atoms with Gasteiger partial charge in [0.05, 0.1) is 16.5 Å². The average molecular weight is 361 g/mol. The van der Waals surface area contributed by atoms with Crippen molar-refractivity contribution in [3.8, 4) is 0 Å². The van der Waals surface area contributed by atoms with Crippen LogP contribution in [0.15, 0.2) is 23.3 Å². The minimum absolute atomic E-state index is 0.0274. The van der Waals surface area contributed by atoms with E-state index < -0.39 is 23.7 Å². The highest BCUT2D eigenvalue weighted by atomic mass is 35.5. The van der Waals surface area contributed by atoms with Gasteiger partial charge in [-0.2, -0.15) is 23.3 Å². The lowest BCUT2D eigenvalue weighted by molar-refractivity contribution is -0.312. The van der Waals surface area contributed by atoms with E-state index in [1.54, 1.807) is 13.0 Å². The molecule has 1 aromatic rings. The topological polar surface area (TPSA) is 52.9 Å². The van der Waals surface area contributed by atoms with Crippen LogP contribution in [-0.2, 0) is 0 Å². The highest BCUT2D eigenvalue weighted by Crippen LogP contribution is 2.48. The molecule has 0 bridgehead atoms. The van der Waals surface area contributed by atoms with Crippen molar-refractivity contribution in [3.05, 3.63) is 34.3 Å². The molecule has 1 heterocycles. The lowest BCUT2D eigenvalue weighted by Gasteiger charge is -2.38. The third-order valence-electron chi connectivity index (χ3n) is 4.58. The fourth-order valence-electron chi connectivity index (χ4n) is 3.33. The molecule has 0 radical (unpaired) electrons. The second-order valence-corrected chi connectivity index (χ2v) is 6.62. The number of rotatable bonds is 1. The first kappa shape index (κ1) is 17.2. The summed E-state index contributed by atoms with van der Waals surface area (Å²) in [5.74, 6) is -2.28. The Labute approximate surface area is 141 Å². The molecule has 4 nitrogen and oxygen atoms in total. The first-order chi connectivity index (χ1) is 11.2. The van der Waals surface area contributed by atoms with Gasteiger partial charge in [-0.25, -0.2) is 0 Å². The van der Waals surface area contributed by atoms with Crippen molar-refractivity contribution in [1.29, 1.82) is 0 Å². The van der Waals surface area contributed by atoms with Gasteiger partial charge >= 0.3 is 6.18 Å². The van der Waals surface area contributed by atoms with Gasteiger partial charge in [-0.05, 0) is 43.9 Å². The molecular formula is C16H16ClF3N2O2. The minimum Gasteiger partial charge on any atom is -0.362 e. The van der Waals surface area contributed by atoms with Gasteiger partial charge in [0.25, 0.3) is 11.6 Å². The van der Waals surface area contributed by atoms with E-state index in [1.807, 2.05) is 0 Å². The molecule has 1 aromatic carbocycles. The monoisotopic (exact) mass is 360 g/mol. The summed E-state index contributed by atoms with van der Waals surface area (Å²) in [4.78, 5) is 12.7. The number of hydrazone groups is 1. The first-order valence-electron chi connectivity index (χ1n) is 7.63. The third kappa shape index (κ3) is 2.50. The molecule has 1 amide bonds. The second kappa shape index (κ2) is 5.74. The highest BCUT2D eigenvalue weighted by Gasteiger charge is 2.68. The van der Waals surface area contributed by atoms with Crippen LogP contribution in [0.3, 0.4) is 0 Å². The molecule has 0 spiro atoms. The predicted molar refractivity (Wildman–Crippen MR) is 82.8 cm³/mol. The molecule has 2 aliphatic rings. The molecule has 1 aliphatic carbocycles.